The highest BCUT2D eigenvalue weighted by Crippen LogP contribution is 2.25. The van der Waals surface area contributed by atoms with Crippen LogP contribution in [0.5, 0.6) is 0 Å². The summed E-state index contributed by atoms with van der Waals surface area (Å²) in [6.45, 7) is 7.43. The quantitative estimate of drug-likeness (QED) is 0.649. The molecule has 4 nitrogen and oxygen atoms in total. The molecule has 0 saturated heterocycles. The molecule has 0 bridgehead atoms. The lowest BCUT2D eigenvalue weighted by Crippen LogP contribution is -2.48. The zero-order valence-electron chi connectivity index (χ0n) is 10.5. The third kappa shape index (κ3) is 6.27. The van der Waals surface area contributed by atoms with Crippen LogP contribution in [0, 0.1) is 0 Å². The van der Waals surface area contributed by atoms with Gasteiger partial charge in [0.1, 0.15) is 0 Å². The Hall–Kier alpha value is 0.0569. The van der Waals surface area contributed by atoms with Crippen molar-refractivity contribution >= 4 is 8.56 Å². The summed E-state index contributed by atoms with van der Waals surface area (Å²) in [6, 6.07) is 1.76. The summed E-state index contributed by atoms with van der Waals surface area (Å²) in [4.78, 5) is 0. The lowest BCUT2D eigenvalue weighted by Gasteiger charge is -2.35. The molecule has 15 heavy (non-hydrogen) atoms. The topological polar surface area (TPSA) is 70.5 Å². The molecule has 0 aromatic heterocycles. The average Bonchev–Trinajstić information content (AvgIpc) is 2.12. The summed E-state index contributed by atoms with van der Waals surface area (Å²) in [7, 11) is -0.405. The predicted octanol–water partition coefficient (Wildman–Crippen LogP) is 1.20. The smallest absolute Gasteiger partial charge is 0.339 e. The first-order valence-corrected chi connectivity index (χ1v) is 7.77. The third-order valence-corrected chi connectivity index (χ3v) is 6.05. The van der Waals surface area contributed by atoms with E-state index in [4.69, 9.17) is 20.3 Å². The van der Waals surface area contributed by atoms with Crippen LogP contribution in [-0.2, 0) is 8.85 Å². The summed E-state index contributed by atoms with van der Waals surface area (Å²) < 4.78 is 11.7. The van der Waals surface area contributed by atoms with Crippen LogP contribution in [0.4, 0.5) is 0 Å². The fourth-order valence-electron chi connectivity index (χ4n) is 1.62. The van der Waals surface area contributed by atoms with Gasteiger partial charge < -0.3 is 20.3 Å². The lowest BCUT2D eigenvalue weighted by molar-refractivity contribution is 0.0725. The van der Waals surface area contributed by atoms with Gasteiger partial charge in [0.15, 0.2) is 0 Å². The zero-order valence-corrected chi connectivity index (χ0v) is 11.5. The average molecular weight is 234 g/mol. The number of hydrogen-bond donors (Lipinski definition) is 2. The van der Waals surface area contributed by atoms with Crippen molar-refractivity contribution in [2.24, 2.45) is 11.5 Å². The highest BCUT2D eigenvalue weighted by atomic mass is 28.4. The van der Waals surface area contributed by atoms with Crippen molar-refractivity contribution in [3.05, 3.63) is 0 Å². The monoisotopic (exact) mass is 234 g/mol. The van der Waals surface area contributed by atoms with E-state index in [0.29, 0.717) is 13.1 Å². The van der Waals surface area contributed by atoms with Crippen molar-refractivity contribution in [3.8, 4) is 0 Å². The Labute approximate surface area is 94.6 Å². The van der Waals surface area contributed by atoms with Crippen LogP contribution in [0.3, 0.4) is 0 Å². The Bertz CT molecular complexity index is 173. The third-order valence-electron chi connectivity index (χ3n) is 2.15. The molecular formula is C10H26N2O2Si. The molecule has 1 unspecified atom stereocenters. The predicted molar refractivity (Wildman–Crippen MR) is 65.9 cm³/mol. The van der Waals surface area contributed by atoms with Gasteiger partial charge in [0.25, 0.3) is 0 Å². The standard InChI is InChI=1S/C10H26N2O2Si/c1-10(2,3)14-15(13-4,9-7-12)8-5-6-11/h5-9,11-12H2,1-4H3. The molecule has 0 heterocycles. The molecule has 0 aliphatic heterocycles. The maximum atomic E-state index is 6.10. The largest absolute Gasteiger partial charge is 0.398 e. The summed E-state index contributed by atoms with van der Waals surface area (Å²) in [6.07, 6.45) is 0.941. The Kier molecular flexibility index (Phi) is 6.62. The molecule has 0 fully saturated rings. The minimum atomic E-state index is -2.13. The van der Waals surface area contributed by atoms with Crippen LogP contribution in [0.1, 0.15) is 27.2 Å². The maximum Gasteiger partial charge on any atom is 0.339 e. The Morgan fingerprint density at radius 3 is 2.00 bits per heavy atom. The molecule has 4 N–H and O–H groups in total. The van der Waals surface area contributed by atoms with E-state index in [2.05, 4.69) is 0 Å². The van der Waals surface area contributed by atoms with Crippen LogP contribution in [0.15, 0.2) is 0 Å². The zero-order chi connectivity index (χ0) is 11.9. The van der Waals surface area contributed by atoms with Crippen molar-refractivity contribution in [2.75, 3.05) is 20.2 Å². The molecule has 0 saturated carbocycles. The first kappa shape index (κ1) is 15.1. The molecule has 0 aromatic rings. The number of rotatable bonds is 7. The minimum Gasteiger partial charge on any atom is -0.398 e. The number of hydrogen-bond acceptors (Lipinski definition) is 4. The van der Waals surface area contributed by atoms with E-state index < -0.39 is 8.56 Å². The Morgan fingerprint density at radius 2 is 1.67 bits per heavy atom. The summed E-state index contributed by atoms with van der Waals surface area (Å²) in [5, 5.41) is 0. The van der Waals surface area contributed by atoms with Gasteiger partial charge in [0, 0.05) is 13.2 Å². The fraction of sp³-hybridized carbons (Fsp3) is 1.00. The van der Waals surface area contributed by atoms with Crippen LogP contribution < -0.4 is 11.5 Å². The van der Waals surface area contributed by atoms with Crippen LogP contribution >= 0.6 is 0 Å². The summed E-state index contributed by atoms with van der Waals surface area (Å²) in [5.41, 5.74) is 11.0. The summed E-state index contributed by atoms with van der Waals surface area (Å²) in [5.74, 6) is 0. The molecular weight excluding hydrogens is 208 g/mol. The van der Waals surface area contributed by atoms with Gasteiger partial charge in [-0.15, -0.1) is 0 Å². The van der Waals surface area contributed by atoms with Gasteiger partial charge in [0.05, 0.1) is 5.60 Å². The normalized spacial score (nSPS) is 16.4. The van der Waals surface area contributed by atoms with Crippen molar-refractivity contribution in [1.29, 1.82) is 0 Å². The molecule has 0 amide bonds. The van der Waals surface area contributed by atoms with Gasteiger partial charge in [-0.2, -0.15) is 0 Å². The van der Waals surface area contributed by atoms with E-state index in [1.54, 1.807) is 7.11 Å². The van der Waals surface area contributed by atoms with Gasteiger partial charge in [0.2, 0.25) is 0 Å². The molecule has 1 atom stereocenters. The Morgan fingerprint density at radius 1 is 1.07 bits per heavy atom. The van der Waals surface area contributed by atoms with Crippen molar-refractivity contribution in [3.63, 3.8) is 0 Å². The van der Waals surface area contributed by atoms with E-state index >= 15 is 0 Å². The van der Waals surface area contributed by atoms with Gasteiger partial charge in [-0.1, -0.05) is 0 Å². The van der Waals surface area contributed by atoms with Gasteiger partial charge >= 0.3 is 8.56 Å². The van der Waals surface area contributed by atoms with Crippen molar-refractivity contribution < 1.29 is 8.85 Å². The first-order valence-electron chi connectivity index (χ1n) is 5.54. The van der Waals surface area contributed by atoms with E-state index in [-0.39, 0.29) is 5.60 Å². The van der Waals surface area contributed by atoms with Crippen LogP contribution in [-0.4, -0.2) is 34.4 Å². The van der Waals surface area contributed by atoms with Crippen LogP contribution in [0.2, 0.25) is 12.1 Å². The fourth-order valence-corrected chi connectivity index (χ4v) is 4.87. The Balaban J connectivity index is 4.49. The molecule has 0 radical (unpaired) electrons. The molecule has 92 valence electrons. The lowest BCUT2D eigenvalue weighted by atomic mass is 10.2. The minimum absolute atomic E-state index is 0.175. The van der Waals surface area contributed by atoms with E-state index in [1.807, 2.05) is 20.8 Å². The van der Waals surface area contributed by atoms with E-state index in [9.17, 15) is 0 Å². The highest BCUT2D eigenvalue weighted by molar-refractivity contribution is 6.67. The molecule has 0 aliphatic carbocycles. The van der Waals surface area contributed by atoms with Gasteiger partial charge in [-0.3, -0.25) is 0 Å². The molecule has 0 aliphatic rings. The van der Waals surface area contributed by atoms with Crippen molar-refractivity contribution in [2.45, 2.75) is 44.9 Å². The number of nitrogens with two attached hydrogens (primary N) is 2. The second-order valence-corrected chi connectivity index (χ2v) is 8.19. The summed E-state index contributed by atoms with van der Waals surface area (Å²) >= 11 is 0. The van der Waals surface area contributed by atoms with Gasteiger partial charge in [-0.25, -0.2) is 0 Å². The van der Waals surface area contributed by atoms with Crippen LogP contribution in [0.25, 0.3) is 0 Å². The molecule has 5 heteroatoms. The second-order valence-electron chi connectivity index (χ2n) is 4.76. The van der Waals surface area contributed by atoms with E-state index in [0.717, 1.165) is 18.5 Å². The van der Waals surface area contributed by atoms with Crippen molar-refractivity contribution in [1.82, 2.24) is 0 Å². The molecule has 0 spiro atoms. The maximum absolute atomic E-state index is 6.10. The highest BCUT2D eigenvalue weighted by Gasteiger charge is 2.38. The molecule has 0 aromatic carbocycles. The second kappa shape index (κ2) is 6.60. The van der Waals surface area contributed by atoms with E-state index in [1.165, 1.54) is 0 Å². The first-order chi connectivity index (χ1) is 6.89. The SMILES string of the molecule is CO[Si](CCN)(CCCN)OC(C)(C)C. The molecule has 0 rings (SSSR count). The van der Waals surface area contributed by atoms with Gasteiger partial charge in [-0.05, 0) is 46.3 Å².